The Morgan fingerprint density at radius 3 is 2.09 bits per heavy atom. The van der Waals surface area contributed by atoms with Crippen LogP contribution in [0.4, 0.5) is 0 Å². The third kappa shape index (κ3) is 8.87. The molecule has 1 fully saturated rings. The van der Waals surface area contributed by atoms with Crippen LogP contribution in [0.3, 0.4) is 0 Å². The average Bonchev–Trinajstić information content (AvgIpc) is 3.60. The van der Waals surface area contributed by atoms with E-state index in [1.807, 2.05) is 78.9 Å². The molecule has 14 heteroatoms. The zero-order chi connectivity index (χ0) is 39.8. The van der Waals surface area contributed by atoms with Gasteiger partial charge in [-0.25, -0.2) is 9.46 Å². The molecule has 0 saturated carbocycles. The fourth-order valence-electron chi connectivity index (χ4n) is 7.06. The summed E-state index contributed by atoms with van der Waals surface area (Å²) in [5.41, 5.74) is 0.671. The summed E-state index contributed by atoms with van der Waals surface area (Å²) in [7, 11) is 1.57. The van der Waals surface area contributed by atoms with E-state index in [0.29, 0.717) is 16.9 Å². The second-order valence-electron chi connectivity index (χ2n) is 13.9. The maximum absolute atomic E-state index is 13.5. The van der Waals surface area contributed by atoms with Crippen molar-refractivity contribution in [2.24, 2.45) is 0 Å². The van der Waals surface area contributed by atoms with Gasteiger partial charge in [0, 0.05) is 36.2 Å². The SMILES string of the molecule is COc1ccc(C(OC[C@H]2O[C@@H](n3cc4ccc(=O)[nH]c4nc3=O)C[C@@H]2OP(OCCC#N)N(C(C)C)C(C)C)(c2ccccc2)c2ccc(OC)cc2)cc1. The molecular formula is C42H48N5O8P. The summed E-state index contributed by atoms with van der Waals surface area (Å²) in [6.45, 7) is 8.51. The lowest BCUT2D eigenvalue weighted by atomic mass is 9.80. The van der Waals surface area contributed by atoms with Crippen LogP contribution in [0.15, 0.2) is 107 Å². The molecule has 1 unspecified atom stereocenters. The molecule has 6 rings (SSSR count). The van der Waals surface area contributed by atoms with Gasteiger partial charge >= 0.3 is 5.69 Å². The fourth-order valence-corrected chi connectivity index (χ4v) is 8.82. The van der Waals surface area contributed by atoms with Crippen LogP contribution in [-0.2, 0) is 24.1 Å². The van der Waals surface area contributed by atoms with Gasteiger partial charge in [-0.3, -0.25) is 9.36 Å². The van der Waals surface area contributed by atoms with Crippen molar-refractivity contribution in [1.82, 2.24) is 19.2 Å². The molecule has 0 bridgehead atoms. The number of ether oxygens (including phenoxy) is 4. The Labute approximate surface area is 327 Å². The molecule has 0 radical (unpaired) electrons. The molecule has 3 heterocycles. The Hall–Kier alpha value is -4.93. The minimum absolute atomic E-state index is 0.0297. The predicted molar refractivity (Wildman–Crippen MR) is 214 cm³/mol. The molecule has 0 aliphatic carbocycles. The monoisotopic (exact) mass is 781 g/mol. The van der Waals surface area contributed by atoms with Gasteiger partial charge in [-0.15, -0.1) is 0 Å². The molecule has 4 atom stereocenters. The van der Waals surface area contributed by atoms with Crippen molar-refractivity contribution in [1.29, 1.82) is 5.26 Å². The van der Waals surface area contributed by atoms with Gasteiger partial charge in [-0.1, -0.05) is 54.6 Å². The van der Waals surface area contributed by atoms with E-state index in [-0.39, 0.29) is 49.3 Å². The number of pyridine rings is 1. The largest absolute Gasteiger partial charge is 0.497 e. The number of aromatic nitrogens is 3. The van der Waals surface area contributed by atoms with Crippen LogP contribution >= 0.6 is 8.53 Å². The van der Waals surface area contributed by atoms with Crippen molar-refractivity contribution >= 4 is 19.6 Å². The lowest BCUT2D eigenvalue weighted by molar-refractivity contribution is -0.0924. The number of nitrogens with one attached hydrogen (secondary N) is 1. The van der Waals surface area contributed by atoms with Crippen LogP contribution in [0.1, 0.15) is 63.5 Å². The number of fused-ring (bicyclic) bond motifs is 1. The van der Waals surface area contributed by atoms with E-state index < -0.39 is 38.3 Å². The highest BCUT2D eigenvalue weighted by molar-refractivity contribution is 7.44. The molecule has 3 aromatic carbocycles. The number of benzene rings is 3. The van der Waals surface area contributed by atoms with Gasteiger partial charge in [0.2, 0.25) is 5.56 Å². The molecule has 2 aromatic heterocycles. The summed E-state index contributed by atoms with van der Waals surface area (Å²) in [5, 5.41) is 9.91. The van der Waals surface area contributed by atoms with Crippen molar-refractivity contribution in [2.45, 2.75) is 76.7 Å². The van der Waals surface area contributed by atoms with Gasteiger partial charge in [0.1, 0.15) is 35.1 Å². The summed E-state index contributed by atoms with van der Waals surface area (Å²) in [6.07, 6.45) is -0.0182. The predicted octanol–water partition coefficient (Wildman–Crippen LogP) is 7.06. The van der Waals surface area contributed by atoms with Crippen LogP contribution in [-0.4, -0.2) is 70.9 Å². The van der Waals surface area contributed by atoms with Crippen LogP contribution in [0.25, 0.3) is 11.0 Å². The number of hydrogen-bond acceptors (Lipinski definition) is 11. The normalized spacial score (nSPS) is 17.8. The van der Waals surface area contributed by atoms with E-state index in [1.54, 1.807) is 26.5 Å². The molecule has 0 amide bonds. The minimum atomic E-state index is -1.69. The summed E-state index contributed by atoms with van der Waals surface area (Å²) in [5.74, 6) is 1.40. The molecule has 5 aromatic rings. The lowest BCUT2D eigenvalue weighted by Crippen LogP contribution is -2.39. The number of nitriles is 1. The number of rotatable bonds is 17. The maximum Gasteiger partial charge on any atom is 0.351 e. The summed E-state index contributed by atoms with van der Waals surface area (Å²) in [6, 6.07) is 30.8. The standard InChI is InChI=1S/C42H48N5O8P/c1-28(2)47(29(3)4)56(53-24-10-23-43)55-36-25-39(46-26-30-13-22-38(48)44-40(30)45-41(46)49)54-37(36)27-52-42(31-11-8-7-9-12-31,32-14-18-34(50-5)19-15-32)33-16-20-35(51-6)21-17-33/h7-9,11-22,26,28-29,36-37,39H,10,24-25,27H2,1-6H3,(H,44,45,48,49)/t36-,37+,39+,56?/m0/s1. The Bertz CT molecular complexity index is 2150. The number of methoxy groups -OCH3 is 2. The Morgan fingerprint density at radius 1 is 0.911 bits per heavy atom. The van der Waals surface area contributed by atoms with Crippen LogP contribution in [0.5, 0.6) is 11.5 Å². The first-order chi connectivity index (χ1) is 27.1. The zero-order valence-corrected chi connectivity index (χ0v) is 33.3. The van der Waals surface area contributed by atoms with Crippen molar-refractivity contribution in [3.8, 4) is 17.6 Å². The molecule has 294 valence electrons. The van der Waals surface area contributed by atoms with Crippen molar-refractivity contribution < 1.29 is 28.0 Å². The lowest BCUT2D eigenvalue weighted by Gasteiger charge is -2.39. The maximum atomic E-state index is 13.5. The second kappa shape index (κ2) is 18.3. The van der Waals surface area contributed by atoms with E-state index >= 15 is 0 Å². The molecule has 1 aliphatic heterocycles. The molecule has 13 nitrogen and oxygen atoms in total. The molecule has 0 spiro atoms. The average molecular weight is 782 g/mol. The molecule has 1 aliphatic rings. The van der Waals surface area contributed by atoms with E-state index in [2.05, 4.69) is 48.4 Å². The molecular weight excluding hydrogens is 733 g/mol. The molecule has 1 N–H and O–H groups in total. The van der Waals surface area contributed by atoms with Crippen LogP contribution in [0.2, 0.25) is 0 Å². The highest BCUT2D eigenvalue weighted by Crippen LogP contribution is 2.50. The van der Waals surface area contributed by atoms with E-state index in [1.165, 1.54) is 10.6 Å². The summed E-state index contributed by atoms with van der Waals surface area (Å²) in [4.78, 5) is 32.3. The summed E-state index contributed by atoms with van der Waals surface area (Å²) < 4.78 is 41.9. The Balaban J connectivity index is 1.44. The second-order valence-corrected chi connectivity index (χ2v) is 15.3. The third-order valence-electron chi connectivity index (χ3n) is 9.65. The Morgan fingerprint density at radius 2 is 1.52 bits per heavy atom. The number of H-pyrrole nitrogens is 1. The van der Waals surface area contributed by atoms with Crippen molar-refractivity contribution in [3.05, 3.63) is 135 Å². The van der Waals surface area contributed by atoms with Crippen LogP contribution < -0.4 is 20.7 Å². The Kier molecular flexibility index (Phi) is 13.3. The minimum Gasteiger partial charge on any atom is -0.497 e. The third-order valence-corrected chi connectivity index (χ3v) is 11.8. The highest BCUT2D eigenvalue weighted by atomic mass is 31.2. The van der Waals surface area contributed by atoms with Gasteiger partial charge in [0.25, 0.3) is 8.53 Å². The first kappa shape index (κ1) is 40.7. The van der Waals surface area contributed by atoms with Gasteiger partial charge < -0.3 is 33.0 Å². The quantitative estimate of drug-likeness (QED) is 0.0587. The number of aromatic amines is 1. The summed E-state index contributed by atoms with van der Waals surface area (Å²) >= 11 is 0. The van der Waals surface area contributed by atoms with Gasteiger partial charge in [0.15, 0.2) is 0 Å². The van der Waals surface area contributed by atoms with Gasteiger partial charge in [-0.05, 0) is 74.7 Å². The van der Waals surface area contributed by atoms with Gasteiger partial charge in [-0.2, -0.15) is 10.2 Å². The van der Waals surface area contributed by atoms with E-state index in [4.69, 9.17) is 28.0 Å². The van der Waals surface area contributed by atoms with Gasteiger partial charge in [0.05, 0.1) is 46.0 Å². The van der Waals surface area contributed by atoms with E-state index in [9.17, 15) is 14.9 Å². The van der Waals surface area contributed by atoms with Crippen molar-refractivity contribution in [2.75, 3.05) is 27.4 Å². The highest BCUT2D eigenvalue weighted by Gasteiger charge is 2.45. The van der Waals surface area contributed by atoms with E-state index in [0.717, 1.165) is 16.7 Å². The topological polar surface area (TPSA) is 150 Å². The first-order valence-corrected chi connectivity index (χ1v) is 19.7. The number of nitrogens with zero attached hydrogens (tertiary/aromatic N) is 4. The van der Waals surface area contributed by atoms with Crippen molar-refractivity contribution in [3.63, 3.8) is 0 Å². The molecule has 56 heavy (non-hydrogen) atoms. The smallest absolute Gasteiger partial charge is 0.351 e. The first-order valence-electron chi connectivity index (χ1n) is 18.6. The molecule has 1 saturated heterocycles. The number of hydrogen-bond donors (Lipinski definition) is 1. The van der Waals surface area contributed by atoms with Crippen LogP contribution in [0, 0.1) is 11.3 Å². The zero-order valence-electron chi connectivity index (χ0n) is 32.5. The fraction of sp³-hybridized carbons (Fsp3) is 0.381.